The molecule has 0 aliphatic carbocycles. The lowest BCUT2D eigenvalue weighted by Crippen LogP contribution is -2.07. The van der Waals surface area contributed by atoms with Gasteiger partial charge in [-0.1, -0.05) is 47.5 Å². The second-order valence-corrected chi connectivity index (χ2v) is 5.21. The third kappa shape index (κ3) is 2.73. The standard InChI is InChI=1S/C15H10Cl2N2O2/c16-11-5-3-6-12(17)10(11)8-21-15(20)14-9-4-1-2-7-13(9)18-19-14/h1-7H,8H2,(H,18,19). The first-order valence-electron chi connectivity index (χ1n) is 6.20. The van der Waals surface area contributed by atoms with Gasteiger partial charge in [0.05, 0.1) is 5.52 Å². The highest BCUT2D eigenvalue weighted by molar-refractivity contribution is 6.35. The first-order valence-corrected chi connectivity index (χ1v) is 6.95. The molecular formula is C15H10Cl2N2O2. The Bertz CT molecular complexity index is 794. The molecule has 0 atom stereocenters. The van der Waals surface area contributed by atoms with Gasteiger partial charge >= 0.3 is 5.97 Å². The molecule has 3 aromatic rings. The lowest BCUT2D eigenvalue weighted by atomic mass is 10.2. The molecule has 0 radical (unpaired) electrons. The Morgan fingerprint density at radius 2 is 1.81 bits per heavy atom. The van der Waals surface area contributed by atoms with Crippen molar-refractivity contribution in [3.8, 4) is 0 Å². The normalized spacial score (nSPS) is 10.8. The number of benzene rings is 2. The van der Waals surface area contributed by atoms with Crippen LogP contribution in [-0.4, -0.2) is 16.2 Å². The van der Waals surface area contributed by atoms with Crippen molar-refractivity contribution in [1.82, 2.24) is 10.2 Å². The lowest BCUT2D eigenvalue weighted by Gasteiger charge is -2.07. The van der Waals surface area contributed by atoms with Crippen molar-refractivity contribution >= 4 is 40.1 Å². The number of ether oxygens (including phenoxy) is 1. The van der Waals surface area contributed by atoms with Crippen molar-refractivity contribution in [3.63, 3.8) is 0 Å². The van der Waals surface area contributed by atoms with Crippen LogP contribution in [0.5, 0.6) is 0 Å². The number of nitrogens with one attached hydrogen (secondary N) is 1. The average Bonchev–Trinajstić information content (AvgIpc) is 2.90. The average molecular weight is 321 g/mol. The number of halogens is 2. The number of carbonyl (C=O) groups is 1. The second kappa shape index (κ2) is 5.76. The number of rotatable bonds is 3. The van der Waals surface area contributed by atoms with Gasteiger partial charge in [-0.3, -0.25) is 5.10 Å². The summed E-state index contributed by atoms with van der Waals surface area (Å²) in [6.07, 6.45) is 0. The molecule has 0 fully saturated rings. The molecule has 1 N–H and O–H groups in total. The smallest absolute Gasteiger partial charge is 0.359 e. The van der Waals surface area contributed by atoms with Gasteiger partial charge in [0.25, 0.3) is 0 Å². The molecule has 3 rings (SSSR count). The zero-order valence-corrected chi connectivity index (χ0v) is 12.3. The minimum Gasteiger partial charge on any atom is -0.456 e. The molecule has 6 heteroatoms. The van der Waals surface area contributed by atoms with Crippen LogP contribution in [0.3, 0.4) is 0 Å². The fourth-order valence-electron chi connectivity index (χ4n) is 2.00. The van der Waals surface area contributed by atoms with E-state index in [9.17, 15) is 4.79 Å². The van der Waals surface area contributed by atoms with E-state index in [1.54, 1.807) is 24.3 Å². The highest BCUT2D eigenvalue weighted by Crippen LogP contribution is 2.25. The van der Waals surface area contributed by atoms with Crippen molar-refractivity contribution < 1.29 is 9.53 Å². The maximum Gasteiger partial charge on any atom is 0.359 e. The maximum absolute atomic E-state index is 12.1. The molecule has 1 aromatic heterocycles. The van der Waals surface area contributed by atoms with Crippen LogP contribution in [0, 0.1) is 0 Å². The Morgan fingerprint density at radius 1 is 1.10 bits per heavy atom. The summed E-state index contributed by atoms with van der Waals surface area (Å²) in [5.41, 5.74) is 1.60. The summed E-state index contributed by atoms with van der Waals surface area (Å²) in [6.45, 7) is -0.00146. The van der Waals surface area contributed by atoms with E-state index in [1.165, 1.54) is 0 Å². The van der Waals surface area contributed by atoms with Gasteiger partial charge in [0.1, 0.15) is 6.61 Å². The van der Waals surface area contributed by atoms with Crippen LogP contribution in [0.1, 0.15) is 16.1 Å². The van der Waals surface area contributed by atoms with Gasteiger partial charge in [0.2, 0.25) is 0 Å². The zero-order valence-electron chi connectivity index (χ0n) is 10.8. The van der Waals surface area contributed by atoms with Gasteiger partial charge in [-0.05, 0) is 18.2 Å². The van der Waals surface area contributed by atoms with Crippen LogP contribution in [0.2, 0.25) is 10.0 Å². The van der Waals surface area contributed by atoms with E-state index in [0.29, 0.717) is 21.0 Å². The summed E-state index contributed by atoms with van der Waals surface area (Å²) >= 11 is 12.1. The van der Waals surface area contributed by atoms with Gasteiger partial charge in [0.15, 0.2) is 5.69 Å². The molecule has 2 aromatic carbocycles. The minimum atomic E-state index is -0.525. The number of aromatic amines is 1. The van der Waals surface area contributed by atoms with Crippen molar-refractivity contribution in [2.75, 3.05) is 0 Å². The summed E-state index contributed by atoms with van der Waals surface area (Å²) in [6, 6.07) is 12.5. The number of aromatic nitrogens is 2. The molecule has 1 heterocycles. The number of fused-ring (bicyclic) bond motifs is 1. The highest BCUT2D eigenvalue weighted by atomic mass is 35.5. The van der Waals surface area contributed by atoms with Gasteiger partial charge < -0.3 is 4.74 Å². The van der Waals surface area contributed by atoms with Crippen LogP contribution in [0.25, 0.3) is 10.9 Å². The van der Waals surface area contributed by atoms with Gasteiger partial charge in [-0.15, -0.1) is 0 Å². The van der Waals surface area contributed by atoms with Crippen LogP contribution in [0.15, 0.2) is 42.5 Å². The summed E-state index contributed by atoms with van der Waals surface area (Å²) in [5.74, 6) is -0.525. The van der Waals surface area contributed by atoms with E-state index < -0.39 is 5.97 Å². The third-order valence-electron chi connectivity index (χ3n) is 3.07. The molecule has 0 aliphatic heterocycles. The first kappa shape index (κ1) is 13.9. The SMILES string of the molecule is O=C(OCc1c(Cl)cccc1Cl)c1n[nH]c2ccccc12. The molecule has 0 amide bonds. The quantitative estimate of drug-likeness (QED) is 0.735. The topological polar surface area (TPSA) is 55.0 Å². The Morgan fingerprint density at radius 3 is 2.57 bits per heavy atom. The molecule has 0 aliphatic rings. The Hall–Kier alpha value is -2.04. The van der Waals surface area contributed by atoms with E-state index in [-0.39, 0.29) is 12.3 Å². The molecule has 4 nitrogen and oxygen atoms in total. The summed E-state index contributed by atoms with van der Waals surface area (Å²) in [4.78, 5) is 12.1. The number of H-pyrrole nitrogens is 1. The number of carbonyl (C=O) groups excluding carboxylic acids is 1. The van der Waals surface area contributed by atoms with Crippen molar-refractivity contribution in [1.29, 1.82) is 0 Å². The number of esters is 1. The van der Waals surface area contributed by atoms with Gasteiger partial charge in [0, 0.05) is 21.0 Å². The van der Waals surface area contributed by atoms with Crippen LogP contribution >= 0.6 is 23.2 Å². The molecule has 0 saturated heterocycles. The molecule has 106 valence electrons. The highest BCUT2D eigenvalue weighted by Gasteiger charge is 2.16. The summed E-state index contributed by atoms with van der Waals surface area (Å²) < 4.78 is 5.25. The van der Waals surface area contributed by atoms with Crippen LogP contribution in [0.4, 0.5) is 0 Å². The van der Waals surface area contributed by atoms with Crippen LogP contribution in [-0.2, 0) is 11.3 Å². The number of hydrogen-bond donors (Lipinski definition) is 1. The fourth-order valence-corrected chi connectivity index (χ4v) is 2.50. The van der Waals surface area contributed by atoms with Crippen LogP contribution < -0.4 is 0 Å². The second-order valence-electron chi connectivity index (χ2n) is 4.39. The summed E-state index contributed by atoms with van der Waals surface area (Å²) in [5, 5.41) is 8.41. The maximum atomic E-state index is 12.1. The number of nitrogens with zero attached hydrogens (tertiary/aromatic N) is 1. The molecule has 0 saturated carbocycles. The molecule has 0 spiro atoms. The number of hydrogen-bond acceptors (Lipinski definition) is 3. The summed E-state index contributed by atoms with van der Waals surface area (Å²) in [7, 11) is 0. The molecule has 0 unspecified atom stereocenters. The predicted molar refractivity (Wildman–Crippen MR) is 81.7 cm³/mol. The first-order chi connectivity index (χ1) is 10.2. The third-order valence-corrected chi connectivity index (χ3v) is 3.78. The van der Waals surface area contributed by atoms with Gasteiger partial charge in [-0.25, -0.2) is 4.79 Å². The molecule has 21 heavy (non-hydrogen) atoms. The van der Waals surface area contributed by atoms with E-state index in [2.05, 4.69) is 10.2 Å². The largest absolute Gasteiger partial charge is 0.456 e. The Kier molecular flexibility index (Phi) is 3.82. The van der Waals surface area contributed by atoms with Gasteiger partial charge in [-0.2, -0.15) is 5.10 Å². The number of para-hydroxylation sites is 1. The van der Waals surface area contributed by atoms with Crippen molar-refractivity contribution in [3.05, 3.63) is 63.8 Å². The zero-order chi connectivity index (χ0) is 14.8. The lowest BCUT2D eigenvalue weighted by molar-refractivity contribution is 0.0468. The predicted octanol–water partition coefficient (Wildman–Crippen LogP) is 4.23. The minimum absolute atomic E-state index is 0.00146. The fraction of sp³-hybridized carbons (Fsp3) is 0.0667. The van der Waals surface area contributed by atoms with E-state index >= 15 is 0 Å². The molecular weight excluding hydrogens is 311 g/mol. The van der Waals surface area contributed by atoms with Crippen molar-refractivity contribution in [2.24, 2.45) is 0 Å². The van der Waals surface area contributed by atoms with E-state index in [0.717, 1.165) is 5.52 Å². The molecule has 0 bridgehead atoms. The Labute approximate surface area is 130 Å². The van der Waals surface area contributed by atoms with E-state index in [1.807, 2.05) is 18.2 Å². The van der Waals surface area contributed by atoms with E-state index in [4.69, 9.17) is 27.9 Å². The monoisotopic (exact) mass is 320 g/mol. The Balaban J connectivity index is 1.81. The van der Waals surface area contributed by atoms with Crippen molar-refractivity contribution in [2.45, 2.75) is 6.61 Å².